The fourth-order valence-corrected chi connectivity index (χ4v) is 1.68. The van der Waals surface area contributed by atoms with E-state index in [1.54, 1.807) is 12.1 Å². The highest BCUT2D eigenvalue weighted by molar-refractivity contribution is 5.93. The topological polar surface area (TPSA) is 84.3 Å². The molecule has 0 heterocycles. The van der Waals surface area contributed by atoms with Gasteiger partial charge in [0.25, 0.3) is 0 Å². The van der Waals surface area contributed by atoms with E-state index in [1.165, 1.54) is 6.07 Å². The molecular formula is C14H12FN3O3. The lowest BCUT2D eigenvalue weighted by atomic mass is 10.2. The predicted octanol–water partition coefficient (Wildman–Crippen LogP) is 2.78. The van der Waals surface area contributed by atoms with Crippen molar-refractivity contribution in [3.63, 3.8) is 0 Å². The summed E-state index contributed by atoms with van der Waals surface area (Å²) in [5.74, 6) is -1.37. The van der Waals surface area contributed by atoms with Gasteiger partial charge in [-0.1, -0.05) is 18.2 Å². The zero-order valence-corrected chi connectivity index (χ0v) is 10.9. The van der Waals surface area contributed by atoms with Crippen molar-refractivity contribution in [2.45, 2.75) is 0 Å². The molecule has 6 nitrogen and oxygen atoms in total. The lowest BCUT2D eigenvalue weighted by Gasteiger charge is -2.07. The summed E-state index contributed by atoms with van der Waals surface area (Å²) in [6, 6.07) is 12.3. The normalized spacial score (nSPS) is 9.95. The molecule has 2 aromatic rings. The summed E-state index contributed by atoms with van der Waals surface area (Å²) in [6.45, 7) is 0.00260. The Bertz CT molecular complexity index is 662. The first-order valence-electron chi connectivity index (χ1n) is 6.09. The number of nitro benzene ring substituents is 1. The minimum Gasteiger partial charge on any atom is -0.376 e. The second-order valence-corrected chi connectivity index (χ2v) is 4.19. The summed E-state index contributed by atoms with van der Waals surface area (Å²) in [5.41, 5.74) is 0.316. The van der Waals surface area contributed by atoms with Gasteiger partial charge in [0.15, 0.2) is 0 Å². The highest BCUT2D eigenvalue weighted by Gasteiger charge is 2.14. The number of nitrogens with zero attached hydrogens (tertiary/aromatic N) is 1. The van der Waals surface area contributed by atoms with Gasteiger partial charge >= 0.3 is 5.69 Å². The van der Waals surface area contributed by atoms with Gasteiger partial charge in [0, 0.05) is 23.5 Å². The largest absolute Gasteiger partial charge is 0.376 e. The van der Waals surface area contributed by atoms with Gasteiger partial charge in [0.05, 0.1) is 11.5 Å². The van der Waals surface area contributed by atoms with E-state index < -0.39 is 16.4 Å². The fraction of sp³-hybridized carbons (Fsp3) is 0.0714. The molecule has 2 aromatic carbocycles. The third-order valence-corrected chi connectivity index (χ3v) is 2.65. The van der Waals surface area contributed by atoms with Gasteiger partial charge in [-0.15, -0.1) is 0 Å². The van der Waals surface area contributed by atoms with Crippen molar-refractivity contribution >= 4 is 23.0 Å². The summed E-state index contributed by atoms with van der Waals surface area (Å²) >= 11 is 0. The molecule has 0 aliphatic rings. The lowest BCUT2D eigenvalue weighted by Crippen LogP contribution is -2.21. The Morgan fingerprint density at radius 1 is 1.14 bits per heavy atom. The van der Waals surface area contributed by atoms with Crippen molar-refractivity contribution in [2.24, 2.45) is 0 Å². The summed E-state index contributed by atoms with van der Waals surface area (Å²) in [7, 11) is 0. The molecule has 108 valence electrons. The molecule has 0 aliphatic heterocycles. The Morgan fingerprint density at radius 3 is 2.48 bits per heavy atom. The number of nitrogens with one attached hydrogen (secondary N) is 2. The first kappa shape index (κ1) is 14.4. The molecule has 0 fully saturated rings. The molecule has 0 spiro atoms. The van der Waals surface area contributed by atoms with Crippen LogP contribution in [0.2, 0.25) is 0 Å². The number of nitro groups is 1. The van der Waals surface area contributed by atoms with E-state index >= 15 is 0 Å². The Balaban J connectivity index is 1.94. The highest BCUT2D eigenvalue weighted by Crippen LogP contribution is 2.20. The van der Waals surface area contributed by atoms with Crippen molar-refractivity contribution in [3.05, 3.63) is 64.5 Å². The van der Waals surface area contributed by atoms with Crippen LogP contribution in [0.4, 0.5) is 21.5 Å². The van der Waals surface area contributed by atoms with E-state index in [9.17, 15) is 19.3 Å². The van der Waals surface area contributed by atoms with Crippen molar-refractivity contribution in [3.8, 4) is 0 Å². The van der Waals surface area contributed by atoms with Crippen molar-refractivity contribution in [1.82, 2.24) is 0 Å². The van der Waals surface area contributed by atoms with Gasteiger partial charge in [0.1, 0.15) is 0 Å². The van der Waals surface area contributed by atoms with Gasteiger partial charge in [0.2, 0.25) is 11.7 Å². The van der Waals surface area contributed by atoms with E-state index in [1.807, 2.05) is 18.2 Å². The van der Waals surface area contributed by atoms with Crippen molar-refractivity contribution < 1.29 is 14.1 Å². The zero-order valence-electron chi connectivity index (χ0n) is 10.9. The second-order valence-electron chi connectivity index (χ2n) is 4.19. The van der Waals surface area contributed by atoms with Gasteiger partial charge in [-0.3, -0.25) is 14.9 Å². The smallest absolute Gasteiger partial charge is 0.304 e. The molecule has 0 aliphatic carbocycles. The van der Waals surface area contributed by atoms with E-state index in [0.29, 0.717) is 0 Å². The number of halogens is 1. The molecule has 0 atom stereocenters. The highest BCUT2D eigenvalue weighted by atomic mass is 19.1. The Hall–Kier alpha value is -2.96. The molecule has 0 aromatic heterocycles. The maximum absolute atomic E-state index is 13.4. The average Bonchev–Trinajstić information content (AvgIpc) is 2.46. The molecule has 0 saturated heterocycles. The van der Waals surface area contributed by atoms with Crippen LogP contribution in [0.15, 0.2) is 48.5 Å². The number of anilines is 2. The Morgan fingerprint density at radius 2 is 1.86 bits per heavy atom. The molecule has 2 N–H and O–H groups in total. The van der Waals surface area contributed by atoms with Crippen LogP contribution in [-0.4, -0.2) is 17.4 Å². The van der Waals surface area contributed by atoms with Crippen LogP contribution >= 0.6 is 0 Å². The molecule has 7 heteroatoms. The van der Waals surface area contributed by atoms with E-state index in [-0.39, 0.29) is 18.1 Å². The average molecular weight is 289 g/mol. The molecule has 2 rings (SSSR count). The van der Waals surface area contributed by atoms with Gasteiger partial charge in [-0.2, -0.15) is 4.39 Å². The molecule has 1 amide bonds. The number of benzene rings is 2. The molecule has 21 heavy (non-hydrogen) atoms. The Kier molecular flexibility index (Phi) is 4.45. The monoisotopic (exact) mass is 289 g/mol. The number of para-hydroxylation sites is 1. The third-order valence-electron chi connectivity index (χ3n) is 2.65. The van der Waals surface area contributed by atoms with Crippen LogP contribution in [0.25, 0.3) is 0 Å². The van der Waals surface area contributed by atoms with Crippen LogP contribution in [-0.2, 0) is 4.79 Å². The first-order valence-corrected chi connectivity index (χ1v) is 6.09. The summed E-state index contributed by atoms with van der Waals surface area (Å²) in [6.07, 6.45) is 0. The van der Waals surface area contributed by atoms with Gasteiger partial charge in [-0.05, 0) is 18.2 Å². The number of rotatable bonds is 5. The van der Waals surface area contributed by atoms with Crippen molar-refractivity contribution in [2.75, 3.05) is 17.2 Å². The number of carbonyl (C=O) groups is 1. The van der Waals surface area contributed by atoms with Crippen LogP contribution in [0, 0.1) is 15.9 Å². The molecule has 0 radical (unpaired) electrons. The Labute approximate surface area is 119 Å². The fourth-order valence-electron chi connectivity index (χ4n) is 1.68. The van der Waals surface area contributed by atoms with Crippen molar-refractivity contribution in [1.29, 1.82) is 0 Å². The molecule has 0 unspecified atom stereocenters. The number of hydrogen-bond acceptors (Lipinski definition) is 4. The maximum Gasteiger partial charge on any atom is 0.304 e. The van der Waals surface area contributed by atoms with Crippen LogP contribution < -0.4 is 10.6 Å². The lowest BCUT2D eigenvalue weighted by molar-refractivity contribution is -0.387. The number of carbonyl (C=O) groups excluding carboxylic acids is 1. The summed E-state index contributed by atoms with van der Waals surface area (Å²) < 4.78 is 13.4. The maximum atomic E-state index is 13.4. The van der Waals surface area contributed by atoms with Crippen LogP contribution in [0.1, 0.15) is 0 Å². The molecule has 0 saturated carbocycles. The van der Waals surface area contributed by atoms with Gasteiger partial charge in [-0.25, -0.2) is 0 Å². The number of amides is 1. The third kappa shape index (κ3) is 4.00. The van der Waals surface area contributed by atoms with E-state index in [0.717, 1.165) is 17.8 Å². The quantitative estimate of drug-likeness (QED) is 0.654. The van der Waals surface area contributed by atoms with E-state index in [2.05, 4.69) is 10.6 Å². The summed E-state index contributed by atoms with van der Waals surface area (Å²) in [5, 5.41) is 15.8. The standard InChI is InChI=1S/C14H12FN3O3/c15-12-8-11(6-7-13(12)18(20)21)17-14(19)9-16-10-4-2-1-3-5-10/h1-8,16H,9H2,(H,17,19). The summed E-state index contributed by atoms with van der Waals surface area (Å²) in [4.78, 5) is 21.3. The molecule has 0 bridgehead atoms. The first-order chi connectivity index (χ1) is 10.1. The minimum atomic E-state index is -0.992. The van der Waals surface area contributed by atoms with Gasteiger partial charge < -0.3 is 10.6 Å². The SMILES string of the molecule is O=C(CNc1ccccc1)Nc1ccc([N+](=O)[O-])c(F)c1. The molecular weight excluding hydrogens is 277 g/mol. The predicted molar refractivity (Wildman–Crippen MR) is 76.6 cm³/mol. The number of hydrogen-bond donors (Lipinski definition) is 2. The zero-order chi connectivity index (χ0) is 15.2. The van der Waals surface area contributed by atoms with E-state index in [4.69, 9.17) is 0 Å². The van der Waals surface area contributed by atoms with Crippen LogP contribution in [0.5, 0.6) is 0 Å². The van der Waals surface area contributed by atoms with Crippen LogP contribution in [0.3, 0.4) is 0 Å². The second kappa shape index (κ2) is 6.47. The minimum absolute atomic E-state index is 0.00260.